The van der Waals surface area contributed by atoms with E-state index in [0.717, 1.165) is 5.76 Å². The van der Waals surface area contributed by atoms with Crippen molar-refractivity contribution in [3.63, 3.8) is 0 Å². The van der Waals surface area contributed by atoms with Gasteiger partial charge in [0.2, 0.25) is 5.91 Å². The molecule has 112 valence electrons. The van der Waals surface area contributed by atoms with Gasteiger partial charge in [-0.15, -0.1) is 0 Å². The van der Waals surface area contributed by atoms with Crippen LogP contribution < -0.4 is 16.4 Å². The summed E-state index contributed by atoms with van der Waals surface area (Å²) in [5.74, 6) is 0.953. The van der Waals surface area contributed by atoms with Crippen LogP contribution in [-0.4, -0.2) is 21.7 Å². The quantitative estimate of drug-likeness (QED) is 0.766. The molecule has 2 aromatic rings. The molecule has 2 aromatic heterocycles. The maximum Gasteiger partial charge on any atom is 0.319 e. The zero-order valence-electron chi connectivity index (χ0n) is 11.8. The molecule has 0 aliphatic rings. The molecular weight excluding hydrogens is 274 g/mol. The molecule has 21 heavy (non-hydrogen) atoms. The molecular formula is C13H17N5O3. The number of urea groups is 1. The van der Waals surface area contributed by atoms with Crippen molar-refractivity contribution in [3.8, 4) is 0 Å². The number of furan rings is 1. The van der Waals surface area contributed by atoms with Gasteiger partial charge in [-0.3, -0.25) is 9.48 Å². The van der Waals surface area contributed by atoms with Gasteiger partial charge in [0.15, 0.2) is 0 Å². The summed E-state index contributed by atoms with van der Waals surface area (Å²) in [6.07, 6.45) is 2.95. The lowest BCUT2D eigenvalue weighted by Crippen LogP contribution is -2.30. The normalized spacial score (nSPS) is 11.9. The van der Waals surface area contributed by atoms with Crippen molar-refractivity contribution in [1.29, 1.82) is 0 Å². The Labute approximate surface area is 121 Å². The van der Waals surface area contributed by atoms with E-state index in [1.165, 1.54) is 17.1 Å². The number of nitrogens with zero attached hydrogens (tertiary/aromatic N) is 2. The molecule has 0 aromatic carbocycles. The second-order valence-corrected chi connectivity index (χ2v) is 4.66. The topological polar surface area (TPSA) is 115 Å². The van der Waals surface area contributed by atoms with Gasteiger partial charge in [0, 0.05) is 6.20 Å². The molecule has 0 bridgehead atoms. The van der Waals surface area contributed by atoms with Crippen molar-refractivity contribution in [2.75, 3.05) is 5.32 Å². The van der Waals surface area contributed by atoms with Gasteiger partial charge in [0.1, 0.15) is 18.1 Å². The Morgan fingerprint density at radius 1 is 1.48 bits per heavy atom. The Morgan fingerprint density at radius 2 is 2.24 bits per heavy atom. The molecule has 0 aliphatic heterocycles. The molecule has 0 saturated heterocycles. The molecule has 3 amide bonds. The average molecular weight is 291 g/mol. The largest absolute Gasteiger partial charge is 0.464 e. The molecule has 2 heterocycles. The number of primary amides is 1. The van der Waals surface area contributed by atoms with Crippen molar-refractivity contribution >= 4 is 17.6 Å². The third-order valence-electron chi connectivity index (χ3n) is 2.74. The molecule has 0 radical (unpaired) electrons. The summed E-state index contributed by atoms with van der Waals surface area (Å²) < 4.78 is 6.78. The first-order chi connectivity index (χ1) is 9.94. The minimum atomic E-state index is -0.504. The molecule has 2 rings (SSSR count). The van der Waals surface area contributed by atoms with Gasteiger partial charge in [0.05, 0.1) is 17.9 Å². The second-order valence-electron chi connectivity index (χ2n) is 4.66. The number of amides is 3. The zero-order chi connectivity index (χ0) is 15.4. The van der Waals surface area contributed by atoms with Gasteiger partial charge in [-0.05, 0) is 26.0 Å². The Morgan fingerprint density at radius 3 is 2.86 bits per heavy atom. The van der Waals surface area contributed by atoms with Crippen molar-refractivity contribution in [2.45, 2.75) is 26.4 Å². The van der Waals surface area contributed by atoms with E-state index in [4.69, 9.17) is 10.2 Å². The highest BCUT2D eigenvalue weighted by Gasteiger charge is 2.13. The number of aromatic nitrogens is 2. The SMILES string of the molecule is Cc1ccc(C(C)NC(=O)Nc2cnn(CC(N)=O)c2)o1. The van der Waals surface area contributed by atoms with Crippen LogP contribution in [0.5, 0.6) is 0 Å². The summed E-state index contributed by atoms with van der Waals surface area (Å²) in [4.78, 5) is 22.6. The van der Waals surface area contributed by atoms with Gasteiger partial charge >= 0.3 is 6.03 Å². The predicted octanol–water partition coefficient (Wildman–Crippen LogP) is 1.15. The van der Waals surface area contributed by atoms with E-state index < -0.39 is 11.9 Å². The van der Waals surface area contributed by atoms with Crippen LogP contribution >= 0.6 is 0 Å². The Bertz CT molecular complexity index is 646. The number of nitrogens with two attached hydrogens (primary N) is 1. The molecule has 0 fully saturated rings. The fourth-order valence-electron chi connectivity index (χ4n) is 1.80. The number of aryl methyl sites for hydroxylation is 1. The molecule has 8 nitrogen and oxygen atoms in total. The van der Waals surface area contributed by atoms with Crippen LogP contribution in [0.1, 0.15) is 24.5 Å². The molecule has 0 aliphatic carbocycles. The van der Waals surface area contributed by atoms with Gasteiger partial charge in [-0.25, -0.2) is 4.79 Å². The number of rotatable bonds is 5. The summed E-state index contributed by atoms with van der Waals surface area (Å²) in [5.41, 5.74) is 5.53. The fraction of sp³-hybridized carbons (Fsp3) is 0.308. The summed E-state index contributed by atoms with van der Waals surface area (Å²) >= 11 is 0. The number of anilines is 1. The van der Waals surface area contributed by atoms with Crippen LogP contribution in [-0.2, 0) is 11.3 Å². The highest BCUT2D eigenvalue weighted by molar-refractivity contribution is 5.89. The Hall–Kier alpha value is -2.77. The van der Waals surface area contributed by atoms with Gasteiger partial charge in [-0.2, -0.15) is 5.10 Å². The number of hydrogen-bond donors (Lipinski definition) is 3. The Balaban J connectivity index is 1.89. The Kier molecular flexibility index (Phi) is 4.27. The maximum atomic E-state index is 11.8. The van der Waals surface area contributed by atoms with E-state index in [-0.39, 0.29) is 12.6 Å². The number of hydrogen-bond acceptors (Lipinski definition) is 4. The van der Waals surface area contributed by atoms with Crippen molar-refractivity contribution in [3.05, 3.63) is 36.0 Å². The van der Waals surface area contributed by atoms with Crippen LogP contribution in [0.15, 0.2) is 28.9 Å². The minimum absolute atomic E-state index is 0.0363. The summed E-state index contributed by atoms with van der Waals surface area (Å²) in [7, 11) is 0. The molecule has 8 heteroatoms. The molecule has 1 unspecified atom stereocenters. The van der Waals surface area contributed by atoms with Crippen LogP contribution in [0.3, 0.4) is 0 Å². The molecule has 1 atom stereocenters. The van der Waals surface area contributed by atoms with Crippen LogP contribution in [0.25, 0.3) is 0 Å². The van der Waals surface area contributed by atoms with Crippen LogP contribution in [0.2, 0.25) is 0 Å². The first-order valence-electron chi connectivity index (χ1n) is 6.38. The van der Waals surface area contributed by atoms with Gasteiger partial charge in [-0.1, -0.05) is 0 Å². The highest BCUT2D eigenvalue weighted by atomic mass is 16.3. The van der Waals surface area contributed by atoms with Crippen molar-refractivity contribution in [2.24, 2.45) is 5.73 Å². The third-order valence-corrected chi connectivity index (χ3v) is 2.74. The number of carbonyl (C=O) groups is 2. The second kappa shape index (κ2) is 6.12. The fourth-order valence-corrected chi connectivity index (χ4v) is 1.80. The monoisotopic (exact) mass is 291 g/mol. The minimum Gasteiger partial charge on any atom is -0.464 e. The van der Waals surface area contributed by atoms with E-state index in [1.807, 2.05) is 26.0 Å². The standard InChI is InChI=1S/C13H17N5O3/c1-8-3-4-11(21-8)9(2)16-13(20)17-10-5-15-18(6-10)7-12(14)19/h3-6,9H,7H2,1-2H3,(H2,14,19)(H2,16,17,20). The van der Waals surface area contributed by atoms with Gasteiger partial charge in [0.25, 0.3) is 0 Å². The van der Waals surface area contributed by atoms with Crippen molar-refractivity contribution in [1.82, 2.24) is 15.1 Å². The number of nitrogens with one attached hydrogen (secondary N) is 2. The lowest BCUT2D eigenvalue weighted by atomic mass is 10.2. The van der Waals surface area contributed by atoms with E-state index in [9.17, 15) is 9.59 Å². The zero-order valence-corrected chi connectivity index (χ0v) is 11.8. The third kappa shape index (κ3) is 4.10. The molecule has 4 N–H and O–H groups in total. The maximum absolute atomic E-state index is 11.8. The summed E-state index contributed by atoms with van der Waals surface area (Å²) in [6.45, 7) is 3.61. The van der Waals surface area contributed by atoms with Gasteiger partial charge < -0.3 is 20.8 Å². The first-order valence-corrected chi connectivity index (χ1v) is 6.38. The van der Waals surface area contributed by atoms with Crippen molar-refractivity contribution < 1.29 is 14.0 Å². The summed E-state index contributed by atoms with van der Waals surface area (Å²) in [6, 6.07) is 2.99. The lowest BCUT2D eigenvalue weighted by molar-refractivity contribution is -0.118. The highest BCUT2D eigenvalue weighted by Crippen LogP contribution is 2.15. The smallest absolute Gasteiger partial charge is 0.319 e. The van der Waals surface area contributed by atoms with E-state index >= 15 is 0 Å². The summed E-state index contributed by atoms with van der Waals surface area (Å²) in [5, 5.41) is 9.26. The van der Waals surface area contributed by atoms with Crippen LogP contribution in [0, 0.1) is 6.92 Å². The molecule has 0 saturated carbocycles. The molecule has 0 spiro atoms. The average Bonchev–Trinajstić information content (AvgIpc) is 2.98. The lowest BCUT2D eigenvalue weighted by Gasteiger charge is -2.11. The van der Waals surface area contributed by atoms with Crippen LogP contribution in [0.4, 0.5) is 10.5 Å². The number of carbonyl (C=O) groups excluding carboxylic acids is 2. The van der Waals surface area contributed by atoms with E-state index in [1.54, 1.807) is 0 Å². The first kappa shape index (κ1) is 14.6. The van der Waals surface area contributed by atoms with E-state index in [2.05, 4.69) is 15.7 Å². The van der Waals surface area contributed by atoms with E-state index in [0.29, 0.717) is 11.4 Å². The predicted molar refractivity (Wildman–Crippen MR) is 75.4 cm³/mol.